The first-order valence-corrected chi connectivity index (χ1v) is 10.9. The van der Waals surface area contributed by atoms with Gasteiger partial charge in [-0.2, -0.15) is 23.0 Å². The number of rotatable bonds is 3. The number of aromatic nitrogens is 2. The van der Waals surface area contributed by atoms with Gasteiger partial charge in [-0.1, -0.05) is 12.1 Å². The quantitative estimate of drug-likeness (QED) is 0.646. The van der Waals surface area contributed by atoms with Crippen molar-refractivity contribution >= 4 is 17.8 Å². The van der Waals surface area contributed by atoms with Crippen LogP contribution in [-0.4, -0.2) is 51.1 Å². The summed E-state index contributed by atoms with van der Waals surface area (Å²) in [5, 5.41) is 18.6. The van der Waals surface area contributed by atoms with E-state index in [-0.39, 0.29) is 17.9 Å². The molecule has 2 aliphatic heterocycles. The number of nitrogens with one attached hydrogen (secondary N) is 1. The van der Waals surface area contributed by atoms with Crippen LogP contribution >= 0.6 is 0 Å². The summed E-state index contributed by atoms with van der Waals surface area (Å²) in [5.41, 5.74) is 0.438. The van der Waals surface area contributed by atoms with E-state index in [0.717, 1.165) is 12.1 Å². The number of hydrogen-bond acceptors (Lipinski definition) is 5. The first kappa shape index (κ1) is 23.0. The van der Waals surface area contributed by atoms with E-state index in [1.165, 1.54) is 16.8 Å². The Balaban J connectivity index is 1.61. The van der Waals surface area contributed by atoms with Crippen LogP contribution in [0.2, 0.25) is 0 Å². The highest BCUT2D eigenvalue weighted by Crippen LogP contribution is 2.42. The molecule has 4 rings (SSSR count). The average molecular weight is 464 g/mol. The molecule has 1 unspecified atom stereocenters. The lowest BCUT2D eigenvalue weighted by molar-refractivity contribution is -0.137. The number of aryl methyl sites for hydroxylation is 1. The van der Waals surface area contributed by atoms with Crippen LogP contribution in [0.1, 0.15) is 37.9 Å². The number of carbonyl (C=O) groups excluding carboxylic acids is 1. The van der Waals surface area contributed by atoms with E-state index in [9.17, 15) is 23.1 Å². The molecule has 1 amide bonds. The zero-order valence-electron chi connectivity index (χ0n) is 18.7. The molecule has 7 nitrogen and oxygen atoms in total. The van der Waals surface area contributed by atoms with Crippen LogP contribution in [0, 0.1) is 12.8 Å². The van der Waals surface area contributed by atoms with E-state index in [4.69, 9.17) is 4.74 Å². The molecule has 3 heterocycles. The van der Waals surface area contributed by atoms with Gasteiger partial charge in [0, 0.05) is 24.7 Å². The summed E-state index contributed by atoms with van der Waals surface area (Å²) in [6.07, 6.45) is -1.62. The molecule has 2 aromatic rings. The van der Waals surface area contributed by atoms with Crippen LogP contribution in [0.15, 0.2) is 30.3 Å². The summed E-state index contributed by atoms with van der Waals surface area (Å²) in [6.45, 7) is 6.90. The number of aliphatic hydroxyl groups excluding tert-OH is 1. The highest BCUT2D eigenvalue weighted by Gasteiger charge is 2.41. The van der Waals surface area contributed by atoms with E-state index in [1.807, 2.05) is 6.92 Å². The van der Waals surface area contributed by atoms with Crippen LogP contribution in [-0.2, 0) is 10.9 Å². The van der Waals surface area contributed by atoms with Gasteiger partial charge in [0.25, 0.3) is 0 Å². The largest absolute Gasteiger partial charge is 0.493 e. The summed E-state index contributed by atoms with van der Waals surface area (Å²) >= 11 is 0. The summed E-state index contributed by atoms with van der Waals surface area (Å²) in [5.74, 6) is 0.595. The zero-order chi connectivity index (χ0) is 24.0. The number of amides is 1. The number of ether oxygens (including phenoxy) is 1. The Morgan fingerprint density at radius 3 is 2.48 bits per heavy atom. The van der Waals surface area contributed by atoms with Crippen LogP contribution < -0.4 is 5.32 Å². The van der Waals surface area contributed by atoms with Crippen LogP contribution in [0.4, 0.5) is 23.8 Å². The van der Waals surface area contributed by atoms with E-state index in [0.29, 0.717) is 55.2 Å². The van der Waals surface area contributed by atoms with Gasteiger partial charge in [0.15, 0.2) is 0 Å². The van der Waals surface area contributed by atoms with Crippen molar-refractivity contribution in [3.63, 3.8) is 0 Å². The predicted octanol–water partition coefficient (Wildman–Crippen LogP) is 5.29. The highest BCUT2D eigenvalue weighted by molar-refractivity contribution is 5.81. The van der Waals surface area contributed by atoms with Gasteiger partial charge >= 0.3 is 12.3 Å². The molecular formula is C23H27F3N4O3. The number of fused-ring (bicyclic) bond motifs is 1. The van der Waals surface area contributed by atoms with Crippen molar-refractivity contribution in [3.05, 3.63) is 41.6 Å². The number of piperidine rings is 1. The maximum atomic E-state index is 13.0. The maximum Gasteiger partial charge on any atom is 0.416 e. The molecule has 33 heavy (non-hydrogen) atoms. The van der Waals surface area contributed by atoms with Crippen molar-refractivity contribution in [2.24, 2.45) is 5.92 Å². The number of anilines is 1. The number of aliphatic hydroxyl groups is 1. The average Bonchev–Trinajstić information content (AvgIpc) is 3.09. The van der Waals surface area contributed by atoms with Crippen LogP contribution in [0.5, 0.6) is 0 Å². The molecule has 1 aromatic carbocycles. The van der Waals surface area contributed by atoms with Crippen molar-refractivity contribution in [2.45, 2.75) is 45.3 Å². The molecule has 1 saturated heterocycles. The van der Waals surface area contributed by atoms with E-state index < -0.39 is 17.3 Å². The molecule has 0 spiro atoms. The Morgan fingerprint density at radius 2 is 1.91 bits per heavy atom. The van der Waals surface area contributed by atoms with Crippen molar-refractivity contribution in [1.82, 2.24) is 14.7 Å². The summed E-state index contributed by atoms with van der Waals surface area (Å²) in [7, 11) is 0. The second-order valence-corrected chi connectivity index (χ2v) is 8.67. The van der Waals surface area contributed by atoms with Gasteiger partial charge in [-0.05, 0) is 57.2 Å². The van der Waals surface area contributed by atoms with Crippen molar-refractivity contribution in [1.29, 1.82) is 0 Å². The minimum atomic E-state index is -4.41. The van der Waals surface area contributed by atoms with Gasteiger partial charge in [-0.3, -0.25) is 0 Å². The predicted molar refractivity (Wildman–Crippen MR) is 118 cm³/mol. The lowest BCUT2D eigenvalue weighted by atomic mass is 9.78. The topological polar surface area (TPSA) is 79.6 Å². The summed E-state index contributed by atoms with van der Waals surface area (Å²) < 4.78 is 45.4. The third kappa shape index (κ3) is 4.26. The Morgan fingerprint density at radius 1 is 1.27 bits per heavy atom. The van der Waals surface area contributed by atoms with Crippen molar-refractivity contribution < 1.29 is 27.8 Å². The van der Waals surface area contributed by atoms with Gasteiger partial charge < -0.3 is 20.1 Å². The molecule has 10 heteroatoms. The maximum absolute atomic E-state index is 13.0. The van der Waals surface area contributed by atoms with Gasteiger partial charge in [-0.25, -0.2) is 4.79 Å². The number of nitrogens with zero attached hydrogens (tertiary/aromatic N) is 3. The highest BCUT2D eigenvalue weighted by atomic mass is 19.4. The van der Waals surface area contributed by atoms with E-state index in [2.05, 4.69) is 10.4 Å². The monoisotopic (exact) mass is 464 g/mol. The first-order chi connectivity index (χ1) is 15.5. The van der Waals surface area contributed by atoms with Gasteiger partial charge in [0.2, 0.25) is 5.88 Å². The Labute approximate surface area is 189 Å². The molecule has 0 saturated carbocycles. The Kier molecular flexibility index (Phi) is 5.79. The lowest BCUT2D eigenvalue weighted by Crippen LogP contribution is -2.50. The lowest BCUT2D eigenvalue weighted by Gasteiger charge is -2.43. The van der Waals surface area contributed by atoms with Gasteiger partial charge in [-0.15, -0.1) is 0 Å². The normalized spacial score (nSPS) is 21.3. The number of halogens is 3. The number of hydrogen-bond donors (Lipinski definition) is 2. The van der Waals surface area contributed by atoms with E-state index in [1.54, 1.807) is 24.8 Å². The summed E-state index contributed by atoms with van der Waals surface area (Å²) in [6, 6.07) is 4.92. The minimum absolute atomic E-state index is 0.0414. The van der Waals surface area contributed by atoms with Crippen LogP contribution in [0.25, 0.3) is 17.0 Å². The molecule has 1 atom stereocenters. The minimum Gasteiger partial charge on any atom is -0.493 e. The standard InChI is InChI=1S/C23H27F3N4O3/c1-4-33-21(32)29-11-9-16(10-12-29)22(3)13-18(31)30-20(27-22)19(14(2)28-30)15-5-7-17(8-6-15)23(24,25)26/h5-8,13,16,27,31H,4,9-12H2,1-3H3. The molecule has 1 aromatic heterocycles. The fourth-order valence-corrected chi connectivity index (χ4v) is 4.70. The zero-order valence-corrected chi connectivity index (χ0v) is 18.7. The van der Waals surface area contributed by atoms with Crippen LogP contribution in [0.3, 0.4) is 0 Å². The smallest absolute Gasteiger partial charge is 0.416 e. The molecule has 2 aliphatic rings. The molecule has 1 fully saturated rings. The fraction of sp³-hybridized carbons (Fsp3) is 0.478. The fourth-order valence-electron chi connectivity index (χ4n) is 4.70. The van der Waals surface area contributed by atoms with Gasteiger partial charge in [0.05, 0.1) is 23.4 Å². The first-order valence-electron chi connectivity index (χ1n) is 10.9. The number of likely N-dealkylation sites (tertiary alicyclic amines) is 1. The molecule has 178 valence electrons. The molecular weight excluding hydrogens is 437 g/mol. The van der Waals surface area contributed by atoms with E-state index >= 15 is 0 Å². The third-order valence-corrected chi connectivity index (χ3v) is 6.46. The number of benzene rings is 1. The second kappa shape index (κ2) is 8.31. The van der Waals surface area contributed by atoms with Crippen molar-refractivity contribution in [2.75, 3.05) is 25.0 Å². The third-order valence-electron chi connectivity index (χ3n) is 6.46. The second-order valence-electron chi connectivity index (χ2n) is 8.67. The number of carbonyl (C=O) groups is 1. The molecule has 2 N–H and O–H groups in total. The Bertz CT molecular complexity index is 1070. The SMILES string of the molecule is CCOC(=O)N1CCC(C2(C)C=C(O)n3nc(C)c(-c4ccc(C(F)(F)F)cc4)c3N2)CC1. The van der Waals surface area contributed by atoms with Crippen molar-refractivity contribution in [3.8, 4) is 11.1 Å². The molecule has 0 bridgehead atoms. The molecule has 0 radical (unpaired) electrons. The summed E-state index contributed by atoms with van der Waals surface area (Å²) in [4.78, 5) is 13.7. The van der Waals surface area contributed by atoms with Gasteiger partial charge in [0.1, 0.15) is 5.82 Å². The molecule has 0 aliphatic carbocycles. The Hall–Kier alpha value is -3.17. The number of alkyl halides is 3.